The number of hydrogen-bond donors (Lipinski definition) is 1. The molecule has 27 heavy (non-hydrogen) atoms. The number of tetrazole rings is 1. The number of rotatable bonds is 9. The zero-order chi connectivity index (χ0) is 20.0. The summed E-state index contributed by atoms with van der Waals surface area (Å²) in [4.78, 5) is 23.4. The van der Waals surface area contributed by atoms with Crippen molar-refractivity contribution in [2.75, 3.05) is 5.75 Å². The molecule has 0 atom stereocenters. The van der Waals surface area contributed by atoms with E-state index in [1.54, 1.807) is 4.68 Å². The zero-order valence-corrected chi connectivity index (χ0v) is 17.3. The Morgan fingerprint density at radius 2 is 1.89 bits per heavy atom. The molecule has 8 heteroatoms. The van der Waals surface area contributed by atoms with Gasteiger partial charge in [-0.2, -0.15) is 4.68 Å². The van der Waals surface area contributed by atoms with Crippen molar-refractivity contribution in [1.82, 2.24) is 25.5 Å². The first-order chi connectivity index (χ1) is 12.7. The van der Waals surface area contributed by atoms with Crippen molar-refractivity contribution in [2.45, 2.75) is 64.1 Å². The monoisotopic (exact) mass is 389 g/mol. The average molecular weight is 390 g/mol. The van der Waals surface area contributed by atoms with Crippen molar-refractivity contribution in [1.29, 1.82) is 0 Å². The first kappa shape index (κ1) is 21.1. The Bertz CT molecular complexity index is 784. The molecule has 1 aromatic heterocycles. The van der Waals surface area contributed by atoms with Crippen molar-refractivity contribution >= 4 is 23.5 Å². The van der Waals surface area contributed by atoms with Crippen LogP contribution in [-0.2, 0) is 9.59 Å². The van der Waals surface area contributed by atoms with Crippen molar-refractivity contribution < 1.29 is 9.59 Å². The van der Waals surface area contributed by atoms with E-state index < -0.39 is 5.54 Å². The van der Waals surface area contributed by atoms with E-state index in [1.165, 1.54) is 24.2 Å². The molecular weight excluding hydrogens is 362 g/mol. The minimum atomic E-state index is -0.534. The van der Waals surface area contributed by atoms with Crippen LogP contribution < -0.4 is 5.32 Å². The fourth-order valence-electron chi connectivity index (χ4n) is 2.77. The first-order valence-corrected chi connectivity index (χ1v) is 9.98. The van der Waals surface area contributed by atoms with Crippen LogP contribution in [0.25, 0.3) is 5.69 Å². The molecule has 2 rings (SSSR count). The third-order valence-corrected chi connectivity index (χ3v) is 4.90. The molecule has 0 spiro atoms. The fraction of sp³-hybridized carbons (Fsp3) is 0.526. The summed E-state index contributed by atoms with van der Waals surface area (Å²) in [5.41, 5.74) is 1.61. The van der Waals surface area contributed by atoms with Crippen LogP contribution in [0.4, 0.5) is 0 Å². The predicted molar refractivity (Wildman–Crippen MR) is 106 cm³/mol. The van der Waals surface area contributed by atoms with Crippen LogP contribution in [0.2, 0.25) is 0 Å². The van der Waals surface area contributed by atoms with Gasteiger partial charge in [-0.15, -0.1) is 5.10 Å². The lowest BCUT2D eigenvalue weighted by molar-refractivity contribution is -0.123. The van der Waals surface area contributed by atoms with Gasteiger partial charge in [-0.25, -0.2) is 0 Å². The molecular formula is C19H27N5O2S. The van der Waals surface area contributed by atoms with E-state index in [2.05, 4.69) is 46.8 Å². The number of carbonyl (C=O) groups excluding carboxylic acids is 2. The normalized spacial score (nSPS) is 11.6. The molecule has 0 bridgehead atoms. The second-order valence-corrected chi connectivity index (χ2v) is 8.59. The lowest BCUT2D eigenvalue weighted by Crippen LogP contribution is -2.44. The van der Waals surface area contributed by atoms with Crippen molar-refractivity contribution in [2.24, 2.45) is 0 Å². The molecule has 0 aliphatic heterocycles. The quantitative estimate of drug-likeness (QED) is 0.663. The van der Waals surface area contributed by atoms with E-state index in [-0.39, 0.29) is 11.7 Å². The maximum atomic E-state index is 12.1. The second-order valence-electron chi connectivity index (χ2n) is 7.53. The number of nitrogens with one attached hydrogen (secondary N) is 1. The van der Waals surface area contributed by atoms with E-state index in [9.17, 15) is 9.59 Å². The van der Waals surface area contributed by atoms with Gasteiger partial charge >= 0.3 is 0 Å². The molecule has 7 nitrogen and oxygen atoms in total. The molecule has 2 aromatic rings. The Labute approximate surface area is 164 Å². The minimum absolute atomic E-state index is 0.0531. The number of carbonyl (C=O) groups is 2. The maximum Gasteiger partial charge on any atom is 0.221 e. The summed E-state index contributed by atoms with van der Waals surface area (Å²) in [7, 11) is 0. The van der Waals surface area contributed by atoms with E-state index in [1.807, 2.05) is 26.0 Å². The molecule has 1 N–H and O–H groups in total. The molecule has 0 radical (unpaired) electrons. The molecule has 1 amide bonds. The van der Waals surface area contributed by atoms with Gasteiger partial charge in [0.25, 0.3) is 0 Å². The molecule has 0 saturated carbocycles. The van der Waals surface area contributed by atoms with Gasteiger partial charge in [0.1, 0.15) is 5.78 Å². The highest BCUT2D eigenvalue weighted by Crippen LogP contribution is 2.21. The molecule has 0 aliphatic rings. The lowest BCUT2D eigenvalue weighted by Gasteiger charge is -2.24. The zero-order valence-electron chi connectivity index (χ0n) is 16.5. The summed E-state index contributed by atoms with van der Waals surface area (Å²) in [6.45, 7) is 9.52. The van der Waals surface area contributed by atoms with Crippen molar-refractivity contribution in [3.63, 3.8) is 0 Å². The van der Waals surface area contributed by atoms with Gasteiger partial charge < -0.3 is 5.32 Å². The van der Waals surface area contributed by atoms with E-state index in [0.29, 0.717) is 29.7 Å². The number of thioether (sulfide) groups is 1. The number of Topliss-reactive ketones (excluding diaryl/α,β-unsaturated/α-hetero) is 1. The summed E-state index contributed by atoms with van der Waals surface area (Å²) in [5, 5.41) is 15.4. The average Bonchev–Trinajstić information content (AvgIpc) is 3.01. The third kappa shape index (κ3) is 6.46. The smallest absolute Gasteiger partial charge is 0.221 e. The highest BCUT2D eigenvalue weighted by molar-refractivity contribution is 7.99. The van der Waals surface area contributed by atoms with Crippen molar-refractivity contribution in [3.8, 4) is 5.69 Å². The van der Waals surface area contributed by atoms with Gasteiger partial charge in [0.2, 0.25) is 11.1 Å². The Balaban J connectivity index is 1.91. The van der Waals surface area contributed by atoms with E-state index >= 15 is 0 Å². The molecule has 1 heterocycles. The molecule has 1 aromatic carbocycles. The van der Waals surface area contributed by atoms with E-state index in [0.717, 1.165) is 5.69 Å². The van der Waals surface area contributed by atoms with Gasteiger partial charge in [-0.3, -0.25) is 9.59 Å². The second kappa shape index (κ2) is 9.12. The number of aromatic nitrogens is 4. The van der Waals surface area contributed by atoms with Crippen LogP contribution in [0, 0.1) is 0 Å². The number of benzene rings is 1. The van der Waals surface area contributed by atoms with Gasteiger partial charge in [0, 0.05) is 24.1 Å². The maximum absolute atomic E-state index is 12.1. The van der Waals surface area contributed by atoms with Gasteiger partial charge in [-0.05, 0) is 54.8 Å². The summed E-state index contributed by atoms with van der Waals surface area (Å²) >= 11 is 1.43. The highest BCUT2D eigenvalue weighted by atomic mass is 32.2. The standard InChI is InChI=1S/C19H27N5O2S/c1-13(2)15-6-8-16(9-7-15)24-18(21-22-23-24)27-11-10-17(26)20-19(4,5)12-14(3)25/h6-9,13H,10-12H2,1-5H3,(H,20,26). The van der Waals surface area contributed by atoms with Crippen molar-refractivity contribution in [3.05, 3.63) is 29.8 Å². The van der Waals surface area contributed by atoms with Gasteiger partial charge in [0.15, 0.2) is 0 Å². The van der Waals surface area contributed by atoms with Crippen LogP contribution in [0.15, 0.2) is 29.4 Å². The molecule has 0 unspecified atom stereocenters. The Morgan fingerprint density at radius 1 is 1.22 bits per heavy atom. The largest absolute Gasteiger partial charge is 0.351 e. The first-order valence-electron chi connectivity index (χ1n) is 9.00. The fourth-order valence-corrected chi connectivity index (χ4v) is 3.60. The predicted octanol–water partition coefficient (Wildman–Crippen LogP) is 3.14. The van der Waals surface area contributed by atoms with Crippen LogP contribution >= 0.6 is 11.8 Å². The number of nitrogens with zero attached hydrogens (tertiary/aromatic N) is 4. The molecule has 0 fully saturated rings. The Morgan fingerprint density at radius 3 is 2.48 bits per heavy atom. The molecule has 0 aliphatic carbocycles. The minimum Gasteiger partial charge on any atom is -0.351 e. The third-order valence-electron chi connectivity index (χ3n) is 3.97. The Kier molecular flexibility index (Phi) is 7.12. The SMILES string of the molecule is CC(=O)CC(C)(C)NC(=O)CCSc1nnnn1-c1ccc(C(C)C)cc1. The summed E-state index contributed by atoms with van der Waals surface area (Å²) < 4.78 is 1.67. The summed E-state index contributed by atoms with van der Waals surface area (Å²) in [5.74, 6) is 0.978. The summed E-state index contributed by atoms with van der Waals surface area (Å²) in [6, 6.07) is 8.13. The number of hydrogen-bond acceptors (Lipinski definition) is 6. The summed E-state index contributed by atoms with van der Waals surface area (Å²) in [6.07, 6.45) is 0.641. The number of amides is 1. The van der Waals surface area contributed by atoms with Gasteiger partial charge in [0.05, 0.1) is 5.69 Å². The topological polar surface area (TPSA) is 89.8 Å². The molecule has 0 saturated heterocycles. The van der Waals surface area contributed by atoms with Crippen LogP contribution in [0.3, 0.4) is 0 Å². The highest BCUT2D eigenvalue weighted by Gasteiger charge is 2.22. The Hall–Kier alpha value is -2.22. The lowest BCUT2D eigenvalue weighted by atomic mass is 9.98. The number of ketones is 1. The van der Waals surface area contributed by atoms with Crippen LogP contribution in [0.1, 0.15) is 58.9 Å². The molecule has 146 valence electrons. The van der Waals surface area contributed by atoms with Gasteiger partial charge in [-0.1, -0.05) is 37.7 Å². The van der Waals surface area contributed by atoms with E-state index in [4.69, 9.17) is 0 Å². The van der Waals surface area contributed by atoms with Crippen LogP contribution in [-0.4, -0.2) is 43.2 Å². The van der Waals surface area contributed by atoms with Crippen LogP contribution in [0.5, 0.6) is 0 Å².